The van der Waals surface area contributed by atoms with Crippen LogP contribution in [0.4, 0.5) is 0 Å². The molecule has 0 radical (unpaired) electrons. The van der Waals surface area contributed by atoms with Gasteiger partial charge in [-0.3, -0.25) is 4.79 Å². The van der Waals surface area contributed by atoms with Crippen LogP contribution in [-0.2, 0) is 22.7 Å². The fourth-order valence-electron chi connectivity index (χ4n) is 2.81. The van der Waals surface area contributed by atoms with Gasteiger partial charge in [0.05, 0.1) is 13.2 Å². The van der Waals surface area contributed by atoms with Crippen molar-refractivity contribution in [2.45, 2.75) is 39.4 Å². The Balaban J connectivity index is 1.45. The molecular formula is C19H23NO4. The molecule has 128 valence electrons. The van der Waals surface area contributed by atoms with E-state index in [1.54, 1.807) is 6.07 Å². The molecule has 0 bridgehead atoms. The lowest BCUT2D eigenvalue weighted by molar-refractivity contribution is 0.0877. The van der Waals surface area contributed by atoms with Crippen LogP contribution >= 0.6 is 0 Å². The topological polar surface area (TPSA) is 61.6 Å². The Morgan fingerprint density at radius 3 is 2.88 bits per heavy atom. The van der Waals surface area contributed by atoms with E-state index in [-0.39, 0.29) is 11.2 Å². The number of benzene rings is 1. The smallest absolute Gasteiger partial charge is 0.184 e. The molecule has 5 heteroatoms. The van der Waals surface area contributed by atoms with Crippen LogP contribution in [0.25, 0.3) is 0 Å². The van der Waals surface area contributed by atoms with Crippen LogP contribution in [0.5, 0.6) is 0 Å². The summed E-state index contributed by atoms with van der Waals surface area (Å²) < 4.78 is 16.2. The molecule has 1 aliphatic heterocycles. The number of hydrogen-bond acceptors (Lipinski definition) is 5. The Morgan fingerprint density at radius 1 is 1.29 bits per heavy atom. The van der Waals surface area contributed by atoms with Crippen LogP contribution < -0.4 is 0 Å². The number of Topliss-reactive ketones (excluding diaryl/α,β-unsaturated/α-hetero) is 1. The predicted molar refractivity (Wildman–Crippen MR) is 88.5 cm³/mol. The molecular weight excluding hydrogens is 306 g/mol. The van der Waals surface area contributed by atoms with Crippen LogP contribution in [0.3, 0.4) is 0 Å². The van der Waals surface area contributed by atoms with Crippen molar-refractivity contribution in [1.82, 2.24) is 5.16 Å². The van der Waals surface area contributed by atoms with Gasteiger partial charge in [0.15, 0.2) is 11.5 Å². The molecule has 0 aliphatic carbocycles. The van der Waals surface area contributed by atoms with Gasteiger partial charge in [-0.15, -0.1) is 0 Å². The molecule has 1 unspecified atom stereocenters. The summed E-state index contributed by atoms with van der Waals surface area (Å²) >= 11 is 0. The highest BCUT2D eigenvalue weighted by Crippen LogP contribution is 2.33. The Kier molecular flexibility index (Phi) is 5.43. The average molecular weight is 329 g/mol. The van der Waals surface area contributed by atoms with Gasteiger partial charge in [0.25, 0.3) is 0 Å². The second kappa shape index (κ2) is 7.73. The fraction of sp³-hybridized carbons (Fsp3) is 0.474. The third-order valence-corrected chi connectivity index (χ3v) is 4.46. The quantitative estimate of drug-likeness (QED) is 0.690. The Hall–Kier alpha value is -1.98. The molecule has 0 saturated carbocycles. The van der Waals surface area contributed by atoms with E-state index in [4.69, 9.17) is 14.0 Å². The Labute approximate surface area is 141 Å². The normalized spacial score (nSPS) is 20.4. The van der Waals surface area contributed by atoms with E-state index in [1.807, 2.05) is 30.3 Å². The van der Waals surface area contributed by atoms with E-state index in [0.717, 1.165) is 31.6 Å². The van der Waals surface area contributed by atoms with Crippen LogP contribution in [-0.4, -0.2) is 24.2 Å². The minimum absolute atomic E-state index is 0.0150. The minimum Gasteiger partial charge on any atom is -0.381 e. The second-order valence-corrected chi connectivity index (χ2v) is 6.69. The lowest BCUT2D eigenvalue weighted by atomic mass is 9.84. The van der Waals surface area contributed by atoms with Crippen LogP contribution in [0.2, 0.25) is 0 Å². The lowest BCUT2D eigenvalue weighted by Crippen LogP contribution is -2.17. The first-order valence-corrected chi connectivity index (χ1v) is 8.33. The summed E-state index contributed by atoms with van der Waals surface area (Å²) in [6, 6.07) is 11.6. The van der Waals surface area contributed by atoms with Crippen molar-refractivity contribution in [3.05, 3.63) is 53.4 Å². The van der Waals surface area contributed by atoms with Gasteiger partial charge in [-0.2, -0.15) is 0 Å². The highest BCUT2D eigenvalue weighted by atomic mass is 16.5. The molecule has 2 heterocycles. The molecule has 5 nitrogen and oxygen atoms in total. The van der Waals surface area contributed by atoms with Gasteiger partial charge in [0.1, 0.15) is 12.3 Å². The number of aromatic nitrogens is 1. The molecule has 1 aromatic heterocycles. The zero-order valence-electron chi connectivity index (χ0n) is 14.0. The molecule has 2 aromatic rings. The standard InChI is InChI=1S/C19H23NO4/c1-19(9-10-22-14-19)8-7-18(21)17-11-16(24-20-17)13-23-12-15-5-3-2-4-6-15/h2-6,11H,7-10,12-14H2,1H3. The number of ketones is 1. The second-order valence-electron chi connectivity index (χ2n) is 6.69. The first kappa shape index (κ1) is 16.9. The zero-order valence-corrected chi connectivity index (χ0v) is 14.0. The van der Waals surface area contributed by atoms with Crippen molar-refractivity contribution in [1.29, 1.82) is 0 Å². The van der Waals surface area contributed by atoms with Crippen molar-refractivity contribution >= 4 is 5.78 Å². The van der Waals surface area contributed by atoms with E-state index in [1.165, 1.54) is 0 Å². The van der Waals surface area contributed by atoms with Crippen molar-refractivity contribution in [3.63, 3.8) is 0 Å². The van der Waals surface area contributed by atoms with E-state index < -0.39 is 0 Å². The molecule has 1 atom stereocenters. The highest BCUT2D eigenvalue weighted by Gasteiger charge is 2.30. The minimum atomic E-state index is 0.0150. The molecule has 1 fully saturated rings. The van der Waals surface area contributed by atoms with Crippen molar-refractivity contribution in [3.8, 4) is 0 Å². The monoisotopic (exact) mass is 329 g/mol. The number of carbonyl (C=O) groups is 1. The van der Waals surface area contributed by atoms with Crippen LogP contribution in [0.1, 0.15) is 48.0 Å². The third-order valence-electron chi connectivity index (χ3n) is 4.46. The molecule has 3 rings (SSSR count). The number of rotatable bonds is 8. The van der Waals surface area contributed by atoms with E-state index in [2.05, 4.69) is 12.1 Å². The fourth-order valence-corrected chi connectivity index (χ4v) is 2.81. The molecule has 24 heavy (non-hydrogen) atoms. The van der Waals surface area contributed by atoms with Crippen molar-refractivity contribution < 1.29 is 18.8 Å². The highest BCUT2D eigenvalue weighted by molar-refractivity contribution is 5.94. The largest absolute Gasteiger partial charge is 0.381 e. The summed E-state index contributed by atoms with van der Waals surface area (Å²) in [7, 11) is 0. The average Bonchev–Trinajstić information content (AvgIpc) is 3.24. The number of carbonyl (C=O) groups excluding carboxylic acids is 1. The maximum Gasteiger partial charge on any atom is 0.184 e. The maximum absolute atomic E-state index is 12.2. The molecule has 1 aromatic carbocycles. The lowest BCUT2D eigenvalue weighted by Gasteiger charge is -2.20. The van der Waals surface area contributed by atoms with E-state index in [9.17, 15) is 4.79 Å². The van der Waals surface area contributed by atoms with Crippen molar-refractivity contribution in [2.75, 3.05) is 13.2 Å². The first-order valence-electron chi connectivity index (χ1n) is 8.33. The molecule has 0 spiro atoms. The number of ether oxygens (including phenoxy) is 2. The first-order chi connectivity index (χ1) is 11.6. The van der Waals surface area contributed by atoms with Gasteiger partial charge in [-0.05, 0) is 23.8 Å². The Bertz CT molecular complexity index is 659. The molecule has 1 saturated heterocycles. The summed E-state index contributed by atoms with van der Waals surface area (Å²) in [4.78, 5) is 12.2. The summed E-state index contributed by atoms with van der Waals surface area (Å²) in [5.74, 6) is 0.589. The summed E-state index contributed by atoms with van der Waals surface area (Å²) in [5.41, 5.74) is 1.59. The summed E-state index contributed by atoms with van der Waals surface area (Å²) in [5, 5.41) is 3.87. The van der Waals surface area contributed by atoms with Gasteiger partial charge < -0.3 is 14.0 Å². The predicted octanol–water partition coefficient (Wildman–Crippen LogP) is 3.78. The number of hydrogen-bond donors (Lipinski definition) is 0. The van der Waals surface area contributed by atoms with Crippen LogP contribution in [0, 0.1) is 5.41 Å². The summed E-state index contributed by atoms with van der Waals surface area (Å²) in [6.45, 7) is 4.50. The van der Waals surface area contributed by atoms with Gasteiger partial charge >= 0.3 is 0 Å². The zero-order chi connectivity index (χ0) is 16.8. The molecule has 1 aliphatic rings. The SMILES string of the molecule is CC1(CCC(=O)c2cc(COCc3ccccc3)on2)CCOC1. The van der Waals surface area contributed by atoms with Gasteiger partial charge in [0, 0.05) is 19.1 Å². The third kappa shape index (κ3) is 4.52. The van der Waals surface area contributed by atoms with Crippen molar-refractivity contribution in [2.24, 2.45) is 5.41 Å². The Morgan fingerprint density at radius 2 is 2.12 bits per heavy atom. The van der Waals surface area contributed by atoms with Gasteiger partial charge in [-0.25, -0.2) is 0 Å². The molecule has 0 amide bonds. The van der Waals surface area contributed by atoms with Gasteiger partial charge in [-0.1, -0.05) is 42.4 Å². The van der Waals surface area contributed by atoms with Crippen LogP contribution in [0.15, 0.2) is 40.9 Å². The summed E-state index contributed by atoms with van der Waals surface area (Å²) in [6.07, 6.45) is 2.30. The van der Waals surface area contributed by atoms with E-state index in [0.29, 0.717) is 31.1 Å². The van der Waals surface area contributed by atoms with E-state index >= 15 is 0 Å². The molecule has 0 N–H and O–H groups in total. The maximum atomic E-state index is 12.2. The van der Waals surface area contributed by atoms with Gasteiger partial charge in [0.2, 0.25) is 0 Å². The number of nitrogens with zero attached hydrogens (tertiary/aromatic N) is 1.